The Morgan fingerprint density at radius 2 is 2.00 bits per heavy atom. The first kappa shape index (κ1) is 25.1. The summed E-state index contributed by atoms with van der Waals surface area (Å²) < 4.78 is 45.7. The third kappa shape index (κ3) is 7.00. The summed E-state index contributed by atoms with van der Waals surface area (Å²) in [6, 6.07) is 8.39. The fraction of sp³-hybridized carbons (Fsp3) is 0.435. The lowest BCUT2D eigenvalue weighted by molar-refractivity contribution is -0.165. The number of ether oxygens (including phenoxy) is 1. The molecule has 1 atom stereocenters. The van der Waals surface area contributed by atoms with E-state index in [2.05, 4.69) is 4.99 Å². The molecule has 0 radical (unpaired) electrons. The molecule has 11 heteroatoms. The van der Waals surface area contributed by atoms with Gasteiger partial charge in [0.05, 0.1) is 18.9 Å². The molecule has 1 unspecified atom stereocenters. The van der Waals surface area contributed by atoms with Crippen LogP contribution >= 0.6 is 0 Å². The molecule has 1 aliphatic rings. The molecule has 0 bridgehead atoms. The highest BCUT2D eigenvalue weighted by atomic mass is 19.4. The lowest BCUT2D eigenvalue weighted by Gasteiger charge is -2.25. The number of carbonyl (C=O) groups is 2. The van der Waals surface area contributed by atoms with Gasteiger partial charge in [-0.25, -0.2) is 0 Å². The van der Waals surface area contributed by atoms with Crippen LogP contribution in [0.15, 0.2) is 41.5 Å². The maximum absolute atomic E-state index is 13.0. The zero-order valence-corrected chi connectivity index (χ0v) is 18.6. The van der Waals surface area contributed by atoms with Crippen molar-refractivity contribution in [3.8, 4) is 5.75 Å². The number of carbonyl (C=O) groups excluding carboxylic acids is 1. The third-order valence-corrected chi connectivity index (χ3v) is 5.37. The number of alkyl halides is 3. The summed E-state index contributed by atoms with van der Waals surface area (Å²) in [7, 11) is 0. The van der Waals surface area contributed by atoms with Gasteiger partial charge < -0.3 is 20.0 Å². The van der Waals surface area contributed by atoms with Gasteiger partial charge in [0.15, 0.2) is 5.49 Å². The van der Waals surface area contributed by atoms with Gasteiger partial charge in [-0.1, -0.05) is 6.07 Å². The number of carboxylic acid groups (broad SMARTS) is 1. The normalized spacial score (nSPS) is 16.8. The van der Waals surface area contributed by atoms with Gasteiger partial charge in [0.25, 0.3) is 0 Å². The minimum atomic E-state index is -4.60. The molecule has 0 saturated carbocycles. The van der Waals surface area contributed by atoms with Crippen LogP contribution in [-0.2, 0) is 22.6 Å². The second kappa shape index (κ2) is 10.6. The van der Waals surface area contributed by atoms with Crippen molar-refractivity contribution < 1.29 is 37.8 Å². The molecule has 0 spiro atoms. The van der Waals surface area contributed by atoms with Gasteiger partial charge in [-0.15, -0.1) is 0 Å². The van der Waals surface area contributed by atoms with Crippen molar-refractivity contribution in [1.29, 1.82) is 0 Å². The van der Waals surface area contributed by atoms with E-state index in [0.29, 0.717) is 40.2 Å². The van der Waals surface area contributed by atoms with E-state index in [9.17, 15) is 28.0 Å². The van der Waals surface area contributed by atoms with Crippen LogP contribution in [-0.4, -0.2) is 57.7 Å². The van der Waals surface area contributed by atoms with Gasteiger partial charge in [0.1, 0.15) is 12.3 Å². The fourth-order valence-corrected chi connectivity index (χ4v) is 3.80. The van der Waals surface area contributed by atoms with Crippen LogP contribution in [0.25, 0.3) is 0 Å². The molecule has 1 amide bonds. The zero-order valence-electron chi connectivity index (χ0n) is 18.6. The highest BCUT2D eigenvalue weighted by molar-refractivity contribution is 5.84. The number of aromatic nitrogens is 1. The Morgan fingerprint density at radius 3 is 2.71 bits per heavy atom. The molecule has 0 fully saturated rings. The first-order valence-electron chi connectivity index (χ1n) is 10.7. The number of carboxylic acids is 1. The lowest BCUT2D eigenvalue weighted by Crippen LogP contribution is -2.41. The number of rotatable bonds is 8. The predicted molar refractivity (Wildman–Crippen MR) is 114 cm³/mol. The molecule has 2 N–H and O–H groups in total. The summed E-state index contributed by atoms with van der Waals surface area (Å²) in [6.07, 6.45) is -3.07. The Labute approximate surface area is 193 Å². The molecule has 2 aromatic rings. The SMILES string of the molecule is Cc1ccn(O)c(=NCCCOc2ccc3c(c2)CN(CC(F)(F)F)C(=O)C(CC(=O)O)C3)c1. The molecule has 1 aliphatic heterocycles. The van der Waals surface area contributed by atoms with E-state index >= 15 is 0 Å². The number of fused-ring (bicyclic) bond motifs is 1. The molecule has 1 aromatic heterocycles. The monoisotopic (exact) mass is 481 g/mol. The van der Waals surface area contributed by atoms with Crippen LogP contribution in [0.2, 0.25) is 0 Å². The van der Waals surface area contributed by atoms with Crippen molar-refractivity contribution >= 4 is 11.9 Å². The molecular formula is C23H26F3N3O5. The van der Waals surface area contributed by atoms with E-state index in [-0.39, 0.29) is 19.6 Å². The van der Waals surface area contributed by atoms with E-state index in [1.165, 1.54) is 6.20 Å². The van der Waals surface area contributed by atoms with Gasteiger partial charge in [-0.3, -0.25) is 14.6 Å². The maximum Gasteiger partial charge on any atom is 0.406 e. The number of nitrogens with zero attached hydrogens (tertiary/aromatic N) is 3. The Bertz CT molecular complexity index is 1110. The van der Waals surface area contributed by atoms with Crippen LogP contribution in [0, 0.1) is 12.8 Å². The largest absolute Gasteiger partial charge is 0.494 e. The van der Waals surface area contributed by atoms with Crippen LogP contribution < -0.4 is 10.2 Å². The Morgan fingerprint density at radius 1 is 1.24 bits per heavy atom. The Balaban J connectivity index is 1.68. The van der Waals surface area contributed by atoms with Gasteiger partial charge >= 0.3 is 12.1 Å². The average molecular weight is 481 g/mol. The minimum absolute atomic E-state index is 0.0473. The number of amides is 1. The van der Waals surface area contributed by atoms with E-state index < -0.39 is 36.9 Å². The number of halogens is 3. The quantitative estimate of drug-likeness (QED) is 0.446. The standard InChI is InChI=1S/C23H26F3N3O5/c1-15-5-7-29(33)20(9-15)27-6-2-8-34-19-4-3-16-10-17(12-21(30)31)22(32)28(13-18(16)11-19)14-23(24,25)26/h3-5,7,9,11,17,33H,2,6,8,10,12-14H2,1H3,(H,30,31). The van der Waals surface area contributed by atoms with E-state index in [1.807, 2.05) is 6.92 Å². The molecule has 184 valence electrons. The lowest BCUT2D eigenvalue weighted by atomic mass is 9.94. The van der Waals surface area contributed by atoms with E-state index in [1.54, 1.807) is 30.3 Å². The summed E-state index contributed by atoms with van der Waals surface area (Å²) in [5.74, 6) is -2.69. The number of pyridine rings is 1. The third-order valence-electron chi connectivity index (χ3n) is 5.37. The van der Waals surface area contributed by atoms with Crippen molar-refractivity contribution in [3.05, 3.63) is 58.7 Å². The molecule has 0 saturated heterocycles. The second-order valence-electron chi connectivity index (χ2n) is 8.23. The van der Waals surface area contributed by atoms with Crippen LogP contribution in [0.5, 0.6) is 5.75 Å². The molecule has 1 aromatic carbocycles. The highest BCUT2D eigenvalue weighted by Gasteiger charge is 2.38. The highest BCUT2D eigenvalue weighted by Crippen LogP contribution is 2.30. The number of hydrogen-bond acceptors (Lipinski definition) is 5. The average Bonchev–Trinajstić information content (AvgIpc) is 2.85. The molecule has 34 heavy (non-hydrogen) atoms. The van der Waals surface area contributed by atoms with Crippen molar-refractivity contribution in [2.24, 2.45) is 10.9 Å². The Kier molecular flexibility index (Phi) is 7.85. The van der Waals surface area contributed by atoms with Gasteiger partial charge in [-0.2, -0.15) is 17.9 Å². The summed E-state index contributed by atoms with van der Waals surface area (Å²) in [6.45, 7) is 0.831. The molecule has 2 heterocycles. The zero-order chi connectivity index (χ0) is 24.9. The van der Waals surface area contributed by atoms with Crippen molar-refractivity contribution in [2.75, 3.05) is 19.7 Å². The van der Waals surface area contributed by atoms with Gasteiger partial charge in [-0.05, 0) is 54.3 Å². The summed E-state index contributed by atoms with van der Waals surface area (Å²) in [4.78, 5) is 28.7. The smallest absolute Gasteiger partial charge is 0.406 e. The minimum Gasteiger partial charge on any atom is -0.494 e. The van der Waals surface area contributed by atoms with Crippen molar-refractivity contribution in [2.45, 2.75) is 38.9 Å². The molecule has 3 rings (SSSR count). The van der Waals surface area contributed by atoms with Crippen molar-refractivity contribution in [1.82, 2.24) is 9.63 Å². The second-order valence-corrected chi connectivity index (χ2v) is 8.23. The van der Waals surface area contributed by atoms with Crippen LogP contribution in [0.3, 0.4) is 0 Å². The molecule has 8 nitrogen and oxygen atoms in total. The predicted octanol–water partition coefficient (Wildman–Crippen LogP) is 2.94. The number of aryl methyl sites for hydroxylation is 1. The first-order chi connectivity index (χ1) is 16.0. The summed E-state index contributed by atoms with van der Waals surface area (Å²) >= 11 is 0. The topological polar surface area (TPSA) is 104 Å². The number of aliphatic carboxylic acids is 1. The molecule has 0 aliphatic carbocycles. The fourth-order valence-electron chi connectivity index (χ4n) is 3.80. The maximum atomic E-state index is 13.0. The summed E-state index contributed by atoms with van der Waals surface area (Å²) in [5, 5.41) is 18.8. The van der Waals surface area contributed by atoms with Gasteiger partial charge in [0.2, 0.25) is 5.91 Å². The Hall–Kier alpha value is -3.50. The first-order valence-corrected chi connectivity index (χ1v) is 10.7. The number of hydrogen-bond donors (Lipinski definition) is 2. The van der Waals surface area contributed by atoms with E-state index in [0.717, 1.165) is 10.3 Å². The number of benzene rings is 1. The van der Waals surface area contributed by atoms with Crippen LogP contribution in [0.1, 0.15) is 29.5 Å². The van der Waals surface area contributed by atoms with E-state index in [4.69, 9.17) is 9.84 Å². The van der Waals surface area contributed by atoms with Crippen LogP contribution in [0.4, 0.5) is 13.2 Å². The molecular weight excluding hydrogens is 455 g/mol. The van der Waals surface area contributed by atoms with Crippen molar-refractivity contribution in [3.63, 3.8) is 0 Å². The summed E-state index contributed by atoms with van der Waals surface area (Å²) in [5.41, 5.74) is 2.48. The van der Waals surface area contributed by atoms with Gasteiger partial charge in [0, 0.05) is 25.7 Å².